The molecule has 5 nitrogen and oxygen atoms in total. The molecule has 1 N–H and O–H groups in total. The summed E-state index contributed by atoms with van der Waals surface area (Å²) in [7, 11) is 0.833. The largest absolute Gasteiger partial charge is 0.477 e. The molecule has 0 spiro atoms. The minimum absolute atomic E-state index is 0.521. The molecule has 0 aromatic carbocycles. The van der Waals surface area contributed by atoms with E-state index in [1.807, 2.05) is 0 Å². The first-order valence-corrected chi connectivity index (χ1v) is 6.19. The Labute approximate surface area is 93.7 Å². The Morgan fingerprint density at radius 1 is 1.56 bits per heavy atom. The van der Waals surface area contributed by atoms with Crippen molar-refractivity contribution in [3.8, 4) is 0 Å². The third-order valence-corrected chi connectivity index (χ3v) is 3.03. The van der Waals surface area contributed by atoms with Crippen LogP contribution in [0.4, 0.5) is 8.78 Å². The second-order valence-corrected chi connectivity index (χ2v) is 5.41. The van der Waals surface area contributed by atoms with E-state index in [0.29, 0.717) is 4.57 Å². The molecule has 0 aliphatic rings. The van der Waals surface area contributed by atoms with Crippen molar-refractivity contribution < 1.29 is 27.1 Å². The van der Waals surface area contributed by atoms with Crippen LogP contribution in [0.1, 0.15) is 10.5 Å². The second kappa shape index (κ2) is 4.38. The molecule has 0 saturated carbocycles. The maximum Gasteiger partial charge on any atom is 0.352 e. The van der Waals surface area contributed by atoms with Gasteiger partial charge in [-0.05, 0) is 6.07 Å². The van der Waals surface area contributed by atoms with Gasteiger partial charge >= 0.3 is 5.97 Å². The fourth-order valence-electron chi connectivity index (χ4n) is 1.10. The highest BCUT2D eigenvalue weighted by atomic mass is 35.7. The Morgan fingerprint density at radius 3 is 2.50 bits per heavy atom. The van der Waals surface area contributed by atoms with Gasteiger partial charge in [-0.25, -0.2) is 22.0 Å². The Balaban J connectivity index is 3.26. The van der Waals surface area contributed by atoms with Gasteiger partial charge < -0.3 is 9.67 Å². The van der Waals surface area contributed by atoms with Crippen LogP contribution >= 0.6 is 10.7 Å². The molecule has 90 valence electrons. The lowest BCUT2D eigenvalue weighted by molar-refractivity contribution is 0.0676. The topological polar surface area (TPSA) is 76.4 Å². The molecule has 0 aliphatic carbocycles. The molecule has 0 radical (unpaired) electrons. The third-order valence-electron chi connectivity index (χ3n) is 1.71. The molecule has 1 rings (SSSR count). The van der Waals surface area contributed by atoms with Crippen molar-refractivity contribution in [1.82, 2.24) is 4.57 Å². The van der Waals surface area contributed by atoms with Gasteiger partial charge in [0.15, 0.2) is 0 Å². The molecule has 0 unspecified atom stereocenters. The molecule has 0 bridgehead atoms. The van der Waals surface area contributed by atoms with Crippen LogP contribution in [0.2, 0.25) is 0 Å². The van der Waals surface area contributed by atoms with Gasteiger partial charge in [0.1, 0.15) is 10.6 Å². The first-order valence-electron chi connectivity index (χ1n) is 3.88. The molecule has 9 heteroatoms. The van der Waals surface area contributed by atoms with E-state index in [9.17, 15) is 22.0 Å². The van der Waals surface area contributed by atoms with Crippen molar-refractivity contribution >= 4 is 25.7 Å². The predicted molar refractivity (Wildman–Crippen MR) is 50.4 cm³/mol. The zero-order valence-corrected chi connectivity index (χ0v) is 9.17. The molecule has 0 fully saturated rings. The average molecular weight is 274 g/mol. The normalized spacial score (nSPS) is 12.0. The van der Waals surface area contributed by atoms with Gasteiger partial charge in [0.05, 0.1) is 6.54 Å². The monoisotopic (exact) mass is 273 g/mol. The lowest BCUT2D eigenvalue weighted by Gasteiger charge is -2.03. The first kappa shape index (κ1) is 12.9. The van der Waals surface area contributed by atoms with Crippen molar-refractivity contribution in [2.75, 3.05) is 0 Å². The van der Waals surface area contributed by atoms with Crippen molar-refractivity contribution in [2.24, 2.45) is 0 Å². The predicted octanol–water partition coefficient (Wildman–Crippen LogP) is 1.38. The molecular weight excluding hydrogens is 268 g/mol. The fourth-order valence-corrected chi connectivity index (χ4v) is 1.85. The number of alkyl halides is 2. The summed E-state index contributed by atoms with van der Waals surface area (Å²) in [6, 6.07) is 0.729. The van der Waals surface area contributed by atoms with Crippen LogP contribution in [0.15, 0.2) is 17.2 Å². The summed E-state index contributed by atoms with van der Waals surface area (Å²) in [5, 5.41) is 8.65. The van der Waals surface area contributed by atoms with Gasteiger partial charge in [-0.2, -0.15) is 0 Å². The number of aromatic carboxylic acids is 1. The fraction of sp³-hybridized carbons (Fsp3) is 0.286. The SMILES string of the molecule is O=C(O)c1cc(S(=O)(=O)Cl)cn1CC(F)F. The van der Waals surface area contributed by atoms with Crippen LogP contribution in [0, 0.1) is 0 Å². The molecule has 16 heavy (non-hydrogen) atoms. The number of hydrogen-bond acceptors (Lipinski definition) is 3. The molecule has 1 aromatic heterocycles. The van der Waals surface area contributed by atoms with Crippen LogP contribution in [-0.4, -0.2) is 30.5 Å². The Bertz CT molecular complexity index is 510. The standard InChI is InChI=1S/C7H6ClF2NO4S/c8-16(14,15)4-1-5(7(12)13)11(2-4)3-6(9)10/h1-2,6H,3H2,(H,12,13). The molecule has 1 heterocycles. The van der Waals surface area contributed by atoms with Gasteiger partial charge in [-0.1, -0.05) is 0 Å². The number of nitrogens with zero attached hydrogens (tertiary/aromatic N) is 1. The van der Waals surface area contributed by atoms with E-state index < -0.39 is 38.6 Å². The van der Waals surface area contributed by atoms with E-state index in [4.69, 9.17) is 15.8 Å². The van der Waals surface area contributed by atoms with E-state index in [1.165, 1.54) is 0 Å². The Morgan fingerprint density at radius 2 is 2.12 bits per heavy atom. The maximum atomic E-state index is 12.1. The van der Waals surface area contributed by atoms with E-state index in [-0.39, 0.29) is 0 Å². The van der Waals surface area contributed by atoms with Crippen LogP contribution < -0.4 is 0 Å². The van der Waals surface area contributed by atoms with Crippen LogP contribution in [0.25, 0.3) is 0 Å². The van der Waals surface area contributed by atoms with Gasteiger partial charge in [0.25, 0.3) is 15.5 Å². The van der Waals surface area contributed by atoms with Crippen molar-refractivity contribution in [1.29, 1.82) is 0 Å². The number of carboxylic acid groups (broad SMARTS) is 1. The van der Waals surface area contributed by atoms with E-state index in [2.05, 4.69) is 0 Å². The molecule has 0 aliphatic heterocycles. The van der Waals surface area contributed by atoms with Gasteiger partial charge in [-0.15, -0.1) is 0 Å². The Hall–Kier alpha value is -1.15. The second-order valence-electron chi connectivity index (χ2n) is 2.85. The summed E-state index contributed by atoms with van der Waals surface area (Å²) in [6.07, 6.45) is -2.03. The average Bonchev–Trinajstić information content (AvgIpc) is 2.45. The van der Waals surface area contributed by atoms with Crippen molar-refractivity contribution in [3.05, 3.63) is 18.0 Å². The number of aromatic nitrogens is 1. The molecular formula is C7H6ClF2NO4S. The number of rotatable bonds is 4. The zero-order valence-electron chi connectivity index (χ0n) is 7.60. The highest BCUT2D eigenvalue weighted by Crippen LogP contribution is 2.19. The zero-order chi connectivity index (χ0) is 12.5. The Kier molecular flexibility index (Phi) is 3.54. The summed E-state index contributed by atoms with van der Waals surface area (Å²) in [5.74, 6) is -1.51. The number of hydrogen-bond donors (Lipinski definition) is 1. The summed E-state index contributed by atoms with van der Waals surface area (Å²) < 4.78 is 46.5. The highest BCUT2D eigenvalue weighted by Gasteiger charge is 2.20. The first-order chi connectivity index (χ1) is 7.21. The molecule has 0 saturated heterocycles. The van der Waals surface area contributed by atoms with E-state index in [1.54, 1.807) is 0 Å². The summed E-state index contributed by atoms with van der Waals surface area (Å²) in [4.78, 5) is 10.1. The number of carboxylic acids is 1. The van der Waals surface area contributed by atoms with E-state index in [0.717, 1.165) is 12.3 Å². The minimum atomic E-state index is -4.13. The quantitative estimate of drug-likeness (QED) is 0.841. The lowest BCUT2D eigenvalue weighted by Crippen LogP contribution is -2.12. The smallest absolute Gasteiger partial charge is 0.352 e. The number of carbonyl (C=O) groups is 1. The summed E-state index contributed by atoms with van der Waals surface area (Å²) in [5.41, 5.74) is -0.556. The van der Waals surface area contributed by atoms with Gasteiger partial charge in [0.2, 0.25) is 0 Å². The van der Waals surface area contributed by atoms with Gasteiger partial charge in [-0.3, -0.25) is 0 Å². The molecule has 0 atom stereocenters. The third kappa shape index (κ3) is 2.92. The van der Waals surface area contributed by atoms with Gasteiger partial charge in [0, 0.05) is 16.9 Å². The van der Waals surface area contributed by atoms with E-state index >= 15 is 0 Å². The van der Waals surface area contributed by atoms with Crippen molar-refractivity contribution in [2.45, 2.75) is 17.9 Å². The summed E-state index contributed by atoms with van der Waals surface area (Å²) >= 11 is 0. The highest BCUT2D eigenvalue weighted by molar-refractivity contribution is 8.13. The molecule has 1 aromatic rings. The minimum Gasteiger partial charge on any atom is -0.477 e. The maximum absolute atomic E-state index is 12.1. The lowest BCUT2D eigenvalue weighted by atomic mass is 10.4. The van der Waals surface area contributed by atoms with Crippen LogP contribution in [0.5, 0.6) is 0 Å². The number of halogens is 3. The van der Waals surface area contributed by atoms with Crippen LogP contribution in [0.3, 0.4) is 0 Å². The van der Waals surface area contributed by atoms with Crippen LogP contribution in [-0.2, 0) is 15.6 Å². The molecule has 0 amide bonds. The van der Waals surface area contributed by atoms with Crippen molar-refractivity contribution in [3.63, 3.8) is 0 Å². The summed E-state index contributed by atoms with van der Waals surface area (Å²) in [6.45, 7) is -0.909.